The monoisotopic (exact) mass is 408 g/mol. The fraction of sp³-hybridized carbons (Fsp3) is 0.316. The van der Waals surface area contributed by atoms with Gasteiger partial charge >= 0.3 is 0 Å². The molecule has 0 radical (unpaired) electrons. The molecule has 27 heavy (non-hydrogen) atoms. The minimum atomic E-state index is -3.22. The maximum absolute atomic E-state index is 12.1. The van der Waals surface area contributed by atoms with Crippen molar-refractivity contribution >= 4 is 33.4 Å². The second-order valence-corrected chi connectivity index (χ2v) is 9.32. The molecule has 0 heterocycles. The van der Waals surface area contributed by atoms with E-state index in [0.717, 1.165) is 21.9 Å². The zero-order chi connectivity index (χ0) is 19.9. The van der Waals surface area contributed by atoms with Crippen molar-refractivity contribution < 1.29 is 17.9 Å². The van der Waals surface area contributed by atoms with Crippen molar-refractivity contribution in [2.75, 3.05) is 31.0 Å². The summed E-state index contributed by atoms with van der Waals surface area (Å²) in [4.78, 5) is 13.2. The summed E-state index contributed by atoms with van der Waals surface area (Å²) in [5, 5.41) is 2.86. The van der Waals surface area contributed by atoms with Gasteiger partial charge in [0, 0.05) is 18.5 Å². The number of hydrogen-bond acceptors (Lipinski definition) is 5. The average Bonchev–Trinajstić information content (AvgIpc) is 2.62. The topological polar surface area (TPSA) is 75.7 Å². The molecule has 8 heteroatoms. The first-order valence-electron chi connectivity index (χ1n) is 8.44. The van der Waals surface area contributed by atoms with E-state index in [2.05, 4.69) is 12.2 Å². The number of anilines is 1. The van der Waals surface area contributed by atoms with Gasteiger partial charge in [-0.2, -0.15) is 0 Å². The predicted octanol–water partition coefficient (Wildman–Crippen LogP) is 3.21. The molecule has 0 bridgehead atoms. The summed E-state index contributed by atoms with van der Waals surface area (Å²) in [5.74, 6) is 1.23. The van der Waals surface area contributed by atoms with E-state index in [-0.39, 0.29) is 19.1 Å². The molecule has 0 atom stereocenters. The number of thioether (sulfide) groups is 1. The van der Waals surface area contributed by atoms with Gasteiger partial charge in [-0.25, -0.2) is 12.7 Å². The Bertz CT molecular complexity index is 868. The van der Waals surface area contributed by atoms with E-state index in [1.165, 1.54) is 17.6 Å². The van der Waals surface area contributed by atoms with Crippen LogP contribution >= 0.6 is 11.8 Å². The zero-order valence-electron chi connectivity index (χ0n) is 15.6. The molecule has 0 saturated heterocycles. The van der Waals surface area contributed by atoms with Crippen molar-refractivity contribution in [2.45, 2.75) is 18.4 Å². The van der Waals surface area contributed by atoms with Crippen LogP contribution in [-0.2, 0) is 21.4 Å². The number of sulfonamides is 1. The van der Waals surface area contributed by atoms with E-state index in [1.54, 1.807) is 36.0 Å². The van der Waals surface area contributed by atoms with Gasteiger partial charge < -0.3 is 10.1 Å². The number of amides is 1. The van der Waals surface area contributed by atoms with E-state index in [9.17, 15) is 13.2 Å². The first kappa shape index (κ1) is 21.3. The Labute approximate surface area is 165 Å². The standard InChI is InChI=1S/C19H24N2O4S2/c1-4-26-18-8-6-5-7-17(18)20-19(22)14-25-16-11-9-15(10-12-16)13-21(2)27(3,23)24/h5-12H,4,13-14H2,1-3H3,(H,20,22). The summed E-state index contributed by atoms with van der Waals surface area (Å²) >= 11 is 1.66. The van der Waals surface area contributed by atoms with Crippen LogP contribution in [0.4, 0.5) is 5.69 Å². The molecule has 2 aromatic carbocycles. The minimum absolute atomic E-state index is 0.103. The lowest BCUT2D eigenvalue weighted by Crippen LogP contribution is -2.24. The molecule has 0 fully saturated rings. The van der Waals surface area contributed by atoms with Crippen LogP contribution in [0.1, 0.15) is 12.5 Å². The zero-order valence-corrected chi connectivity index (χ0v) is 17.3. The Kier molecular flexibility index (Phi) is 7.70. The number of nitrogens with zero attached hydrogens (tertiary/aromatic N) is 1. The molecule has 1 N–H and O–H groups in total. The van der Waals surface area contributed by atoms with Gasteiger partial charge in [-0.1, -0.05) is 31.2 Å². The Morgan fingerprint density at radius 3 is 2.44 bits per heavy atom. The van der Waals surface area contributed by atoms with Crippen molar-refractivity contribution in [1.29, 1.82) is 0 Å². The third-order valence-electron chi connectivity index (χ3n) is 3.73. The predicted molar refractivity (Wildman–Crippen MR) is 110 cm³/mol. The molecular formula is C19H24N2O4S2. The van der Waals surface area contributed by atoms with E-state index < -0.39 is 10.0 Å². The van der Waals surface area contributed by atoms with Crippen LogP contribution in [0.15, 0.2) is 53.4 Å². The molecule has 2 aromatic rings. The number of ether oxygens (including phenoxy) is 1. The summed E-state index contributed by atoms with van der Waals surface area (Å²) in [5.41, 5.74) is 1.61. The Morgan fingerprint density at radius 2 is 1.81 bits per heavy atom. The maximum atomic E-state index is 12.1. The molecule has 0 unspecified atom stereocenters. The lowest BCUT2D eigenvalue weighted by Gasteiger charge is -2.14. The number of para-hydroxylation sites is 1. The molecule has 0 aromatic heterocycles. The highest BCUT2D eigenvalue weighted by atomic mass is 32.2. The van der Waals surface area contributed by atoms with Crippen molar-refractivity contribution in [3.8, 4) is 5.75 Å². The lowest BCUT2D eigenvalue weighted by molar-refractivity contribution is -0.118. The highest BCUT2D eigenvalue weighted by Crippen LogP contribution is 2.26. The van der Waals surface area contributed by atoms with E-state index in [4.69, 9.17) is 4.74 Å². The van der Waals surface area contributed by atoms with Crippen molar-refractivity contribution in [3.63, 3.8) is 0 Å². The molecule has 0 spiro atoms. The van der Waals surface area contributed by atoms with Gasteiger partial charge in [0.25, 0.3) is 5.91 Å². The maximum Gasteiger partial charge on any atom is 0.262 e. The van der Waals surface area contributed by atoms with Gasteiger partial charge in [0.1, 0.15) is 5.75 Å². The third kappa shape index (κ3) is 6.89. The minimum Gasteiger partial charge on any atom is -0.484 e. The van der Waals surface area contributed by atoms with Gasteiger partial charge in [-0.15, -0.1) is 11.8 Å². The number of rotatable bonds is 9. The number of hydrogen-bond donors (Lipinski definition) is 1. The first-order valence-corrected chi connectivity index (χ1v) is 11.3. The van der Waals surface area contributed by atoms with Gasteiger partial charge in [0.15, 0.2) is 6.61 Å². The molecule has 2 rings (SSSR count). The van der Waals surface area contributed by atoms with E-state index >= 15 is 0 Å². The van der Waals surface area contributed by atoms with Crippen LogP contribution in [-0.4, -0.2) is 44.3 Å². The summed E-state index contributed by atoms with van der Waals surface area (Å²) in [6.45, 7) is 2.24. The van der Waals surface area contributed by atoms with Gasteiger partial charge in [-0.05, 0) is 35.6 Å². The average molecular weight is 409 g/mol. The molecule has 146 valence electrons. The molecule has 0 aliphatic carbocycles. The number of benzene rings is 2. The fourth-order valence-electron chi connectivity index (χ4n) is 2.25. The number of nitrogens with one attached hydrogen (secondary N) is 1. The highest BCUT2D eigenvalue weighted by Gasteiger charge is 2.11. The summed E-state index contributed by atoms with van der Waals surface area (Å²) < 4.78 is 29.7. The van der Waals surface area contributed by atoms with E-state index in [0.29, 0.717) is 5.75 Å². The van der Waals surface area contributed by atoms with Crippen LogP contribution < -0.4 is 10.1 Å². The molecular weight excluding hydrogens is 384 g/mol. The third-order valence-corrected chi connectivity index (χ3v) is 5.94. The van der Waals surface area contributed by atoms with Crippen molar-refractivity contribution in [1.82, 2.24) is 4.31 Å². The second kappa shape index (κ2) is 9.77. The van der Waals surface area contributed by atoms with Crippen LogP contribution in [0.2, 0.25) is 0 Å². The van der Waals surface area contributed by atoms with Crippen LogP contribution in [0.5, 0.6) is 5.75 Å². The Hall–Kier alpha value is -2.03. The number of carbonyl (C=O) groups is 1. The summed E-state index contributed by atoms with van der Waals surface area (Å²) in [7, 11) is -1.70. The van der Waals surface area contributed by atoms with Gasteiger partial charge in [0.2, 0.25) is 10.0 Å². The normalized spacial score (nSPS) is 11.4. The first-order chi connectivity index (χ1) is 12.8. The molecule has 0 saturated carbocycles. The highest BCUT2D eigenvalue weighted by molar-refractivity contribution is 7.99. The quantitative estimate of drug-likeness (QED) is 0.645. The van der Waals surface area contributed by atoms with Crippen LogP contribution in [0, 0.1) is 0 Å². The molecule has 0 aliphatic heterocycles. The van der Waals surface area contributed by atoms with Crippen molar-refractivity contribution in [3.05, 3.63) is 54.1 Å². The van der Waals surface area contributed by atoms with Gasteiger partial charge in [0.05, 0.1) is 11.9 Å². The van der Waals surface area contributed by atoms with Crippen LogP contribution in [0.25, 0.3) is 0 Å². The Morgan fingerprint density at radius 1 is 1.15 bits per heavy atom. The Balaban J connectivity index is 1.88. The van der Waals surface area contributed by atoms with E-state index in [1.807, 2.05) is 24.3 Å². The van der Waals surface area contributed by atoms with Crippen molar-refractivity contribution in [2.24, 2.45) is 0 Å². The SMILES string of the molecule is CCSc1ccccc1NC(=O)COc1ccc(CN(C)S(C)(=O)=O)cc1. The van der Waals surface area contributed by atoms with Crippen LogP contribution in [0.3, 0.4) is 0 Å². The fourth-order valence-corrected chi connectivity index (χ4v) is 3.40. The lowest BCUT2D eigenvalue weighted by atomic mass is 10.2. The molecule has 6 nitrogen and oxygen atoms in total. The molecule has 1 amide bonds. The largest absolute Gasteiger partial charge is 0.484 e. The number of carbonyl (C=O) groups excluding carboxylic acids is 1. The molecule has 0 aliphatic rings. The summed E-state index contributed by atoms with van der Waals surface area (Å²) in [6.07, 6.45) is 1.17. The summed E-state index contributed by atoms with van der Waals surface area (Å²) in [6, 6.07) is 14.7. The second-order valence-electron chi connectivity index (χ2n) is 5.93. The smallest absolute Gasteiger partial charge is 0.262 e. The van der Waals surface area contributed by atoms with Gasteiger partial charge in [-0.3, -0.25) is 4.79 Å².